The van der Waals surface area contributed by atoms with E-state index in [4.69, 9.17) is 5.11 Å². The van der Waals surface area contributed by atoms with Crippen molar-refractivity contribution in [3.63, 3.8) is 0 Å². The van der Waals surface area contributed by atoms with Crippen molar-refractivity contribution in [3.8, 4) is 0 Å². The van der Waals surface area contributed by atoms with Gasteiger partial charge in [-0.3, -0.25) is 5.10 Å². The van der Waals surface area contributed by atoms with Crippen LogP contribution in [0, 0.1) is 11.3 Å². The van der Waals surface area contributed by atoms with Gasteiger partial charge in [-0.15, -0.1) is 0 Å². The summed E-state index contributed by atoms with van der Waals surface area (Å²) in [7, 11) is -3.65. The third-order valence-corrected chi connectivity index (χ3v) is 4.81. The van der Waals surface area contributed by atoms with Crippen molar-refractivity contribution in [3.05, 3.63) is 11.8 Å². The Hall–Kier alpha value is -0.920. The Kier molecular flexibility index (Phi) is 4.52. The van der Waals surface area contributed by atoms with Gasteiger partial charge in [0.1, 0.15) is 0 Å². The van der Waals surface area contributed by atoms with Gasteiger partial charge in [0.2, 0.25) is 0 Å². The van der Waals surface area contributed by atoms with Crippen molar-refractivity contribution in [2.24, 2.45) is 11.3 Å². The first-order valence-electron chi connectivity index (χ1n) is 5.83. The van der Waals surface area contributed by atoms with Gasteiger partial charge in [-0.25, -0.2) is 13.1 Å². The van der Waals surface area contributed by atoms with Crippen LogP contribution in [0.1, 0.15) is 33.3 Å². The lowest BCUT2D eigenvalue weighted by Crippen LogP contribution is -2.37. The van der Waals surface area contributed by atoms with E-state index in [1.807, 2.05) is 27.7 Å². The maximum absolute atomic E-state index is 12.0. The molecule has 0 saturated carbocycles. The molecule has 7 heteroatoms. The van der Waals surface area contributed by atoms with E-state index < -0.39 is 10.0 Å². The van der Waals surface area contributed by atoms with Crippen LogP contribution >= 0.6 is 0 Å². The van der Waals surface area contributed by atoms with Crippen LogP contribution in [-0.4, -0.2) is 30.3 Å². The molecule has 1 rings (SSSR count). The zero-order chi connectivity index (χ0) is 14.0. The molecule has 0 aromatic carbocycles. The zero-order valence-corrected chi connectivity index (χ0v) is 12.0. The largest absolute Gasteiger partial charge is 0.392 e. The number of aromatic nitrogens is 2. The molecule has 18 heavy (non-hydrogen) atoms. The van der Waals surface area contributed by atoms with Gasteiger partial charge in [-0.2, -0.15) is 5.10 Å². The van der Waals surface area contributed by atoms with E-state index in [1.165, 1.54) is 6.20 Å². The fraction of sp³-hybridized carbons (Fsp3) is 0.727. The number of aromatic amines is 1. The summed E-state index contributed by atoms with van der Waals surface area (Å²) in [5.74, 6) is 0.347. The molecule has 0 aliphatic rings. The van der Waals surface area contributed by atoms with Gasteiger partial charge in [-0.1, -0.05) is 27.7 Å². The predicted octanol–water partition coefficient (Wildman–Crippen LogP) is 0.862. The van der Waals surface area contributed by atoms with Crippen molar-refractivity contribution >= 4 is 10.0 Å². The molecule has 0 amide bonds. The first-order chi connectivity index (χ1) is 8.20. The normalized spacial score (nSPS) is 13.2. The second-order valence-electron chi connectivity index (χ2n) is 5.35. The Bertz CT molecular complexity index is 491. The maximum atomic E-state index is 12.0. The van der Waals surface area contributed by atoms with Gasteiger partial charge >= 0.3 is 0 Å². The highest BCUT2D eigenvalue weighted by atomic mass is 32.2. The van der Waals surface area contributed by atoms with Crippen LogP contribution in [0.2, 0.25) is 0 Å². The Morgan fingerprint density at radius 2 is 2.11 bits per heavy atom. The van der Waals surface area contributed by atoms with Crippen molar-refractivity contribution < 1.29 is 13.5 Å². The number of aliphatic hydroxyl groups is 1. The van der Waals surface area contributed by atoms with E-state index in [0.29, 0.717) is 12.5 Å². The molecule has 0 saturated heterocycles. The molecule has 6 nitrogen and oxygen atoms in total. The van der Waals surface area contributed by atoms with Crippen LogP contribution in [0.15, 0.2) is 11.2 Å². The van der Waals surface area contributed by atoms with Crippen LogP contribution in [0.3, 0.4) is 0 Å². The molecule has 0 aliphatic carbocycles. The summed E-state index contributed by atoms with van der Waals surface area (Å²) in [6, 6.07) is 0. The third-order valence-electron chi connectivity index (χ3n) is 3.40. The number of H-pyrrole nitrogens is 1. The van der Waals surface area contributed by atoms with Crippen LogP contribution in [0.25, 0.3) is 0 Å². The van der Waals surface area contributed by atoms with E-state index in [0.717, 1.165) is 0 Å². The minimum absolute atomic E-state index is 0.0652. The van der Waals surface area contributed by atoms with Gasteiger partial charge in [-0.05, 0) is 11.3 Å². The number of hydrogen-bond donors (Lipinski definition) is 3. The lowest BCUT2D eigenvalue weighted by Gasteiger charge is -2.29. The topological polar surface area (TPSA) is 95.1 Å². The van der Waals surface area contributed by atoms with E-state index in [9.17, 15) is 8.42 Å². The smallest absolute Gasteiger partial charge is 0.257 e. The number of rotatable bonds is 6. The van der Waals surface area contributed by atoms with Gasteiger partial charge in [0, 0.05) is 12.1 Å². The average molecular weight is 275 g/mol. The molecule has 1 aromatic rings. The number of aliphatic hydroxyl groups excluding tert-OH is 1. The van der Waals surface area contributed by atoms with E-state index in [-0.39, 0.29) is 22.6 Å². The maximum Gasteiger partial charge on any atom is 0.257 e. The highest BCUT2D eigenvalue weighted by Crippen LogP contribution is 2.25. The standard InChI is InChI=1S/C11H21N3O3S/c1-8(2)11(3,4)7-13-18(16,17)10-9(6-15)5-12-14-10/h5,8,13,15H,6-7H2,1-4H3,(H,12,14). The van der Waals surface area contributed by atoms with Crippen LogP contribution < -0.4 is 4.72 Å². The monoisotopic (exact) mass is 275 g/mol. The third kappa shape index (κ3) is 3.30. The summed E-state index contributed by atoms with van der Waals surface area (Å²) in [5.41, 5.74) is 0.122. The number of hydrogen-bond acceptors (Lipinski definition) is 4. The van der Waals surface area contributed by atoms with Crippen molar-refractivity contribution in [2.75, 3.05) is 6.54 Å². The number of nitrogens with one attached hydrogen (secondary N) is 2. The molecule has 0 aliphatic heterocycles. The Morgan fingerprint density at radius 3 is 2.61 bits per heavy atom. The average Bonchev–Trinajstić information content (AvgIpc) is 2.75. The summed E-state index contributed by atoms with van der Waals surface area (Å²) < 4.78 is 26.6. The van der Waals surface area contributed by atoms with Crippen molar-refractivity contribution in [1.29, 1.82) is 0 Å². The van der Waals surface area contributed by atoms with Crippen LogP contribution in [-0.2, 0) is 16.6 Å². The van der Waals surface area contributed by atoms with Crippen LogP contribution in [0.4, 0.5) is 0 Å². The minimum Gasteiger partial charge on any atom is -0.392 e. The van der Waals surface area contributed by atoms with E-state index in [2.05, 4.69) is 14.9 Å². The summed E-state index contributed by atoms with van der Waals surface area (Å²) >= 11 is 0. The second-order valence-corrected chi connectivity index (χ2v) is 7.05. The molecule has 3 N–H and O–H groups in total. The Morgan fingerprint density at radius 1 is 1.50 bits per heavy atom. The lowest BCUT2D eigenvalue weighted by molar-refractivity contribution is 0.252. The van der Waals surface area contributed by atoms with Gasteiger partial charge in [0.15, 0.2) is 5.03 Å². The lowest BCUT2D eigenvalue weighted by atomic mass is 9.81. The molecular weight excluding hydrogens is 254 g/mol. The Balaban J connectivity index is 2.84. The quantitative estimate of drug-likeness (QED) is 0.717. The molecule has 104 valence electrons. The summed E-state index contributed by atoms with van der Waals surface area (Å²) in [5, 5.41) is 15.0. The van der Waals surface area contributed by atoms with E-state index in [1.54, 1.807) is 0 Å². The molecule has 0 fully saturated rings. The molecular formula is C11H21N3O3S. The molecule has 0 radical (unpaired) electrons. The first kappa shape index (κ1) is 15.1. The molecule has 0 spiro atoms. The second kappa shape index (κ2) is 5.38. The molecule has 0 bridgehead atoms. The number of nitrogens with zero attached hydrogens (tertiary/aromatic N) is 1. The molecule has 0 atom stereocenters. The van der Waals surface area contributed by atoms with Gasteiger partial charge in [0.25, 0.3) is 10.0 Å². The number of sulfonamides is 1. The highest BCUT2D eigenvalue weighted by molar-refractivity contribution is 7.89. The van der Waals surface area contributed by atoms with Gasteiger partial charge in [0.05, 0.1) is 12.8 Å². The molecule has 1 heterocycles. The summed E-state index contributed by atoms with van der Waals surface area (Å²) in [6.45, 7) is 8.06. The van der Waals surface area contributed by atoms with Gasteiger partial charge < -0.3 is 5.11 Å². The highest BCUT2D eigenvalue weighted by Gasteiger charge is 2.27. The summed E-state index contributed by atoms with van der Waals surface area (Å²) in [6.07, 6.45) is 1.31. The predicted molar refractivity (Wildman–Crippen MR) is 68.3 cm³/mol. The first-order valence-corrected chi connectivity index (χ1v) is 7.32. The SMILES string of the molecule is CC(C)C(C)(C)CNS(=O)(=O)c1[nH]ncc1CO. The molecule has 1 aromatic heterocycles. The molecule has 0 unspecified atom stereocenters. The van der Waals surface area contributed by atoms with E-state index >= 15 is 0 Å². The fourth-order valence-corrected chi connectivity index (χ4v) is 2.54. The van der Waals surface area contributed by atoms with Crippen LogP contribution in [0.5, 0.6) is 0 Å². The summed E-state index contributed by atoms with van der Waals surface area (Å²) in [4.78, 5) is 0. The minimum atomic E-state index is -3.65. The van der Waals surface area contributed by atoms with Crippen molar-refractivity contribution in [1.82, 2.24) is 14.9 Å². The van der Waals surface area contributed by atoms with Crippen molar-refractivity contribution in [2.45, 2.75) is 39.3 Å². The fourth-order valence-electron chi connectivity index (χ4n) is 1.20. The Labute approximate surface area is 108 Å². The zero-order valence-electron chi connectivity index (χ0n) is 11.2.